The van der Waals surface area contributed by atoms with Crippen molar-refractivity contribution < 1.29 is 13.2 Å². The van der Waals surface area contributed by atoms with Crippen molar-refractivity contribution in [1.82, 2.24) is 20.2 Å². The number of benzene rings is 1. The molecule has 1 heterocycles. The molecule has 0 spiro atoms. The van der Waals surface area contributed by atoms with Crippen molar-refractivity contribution in [2.24, 2.45) is 0 Å². The molecule has 4 nitrogen and oxygen atoms in total. The van der Waals surface area contributed by atoms with E-state index in [1.807, 2.05) is 13.8 Å². The van der Waals surface area contributed by atoms with E-state index in [0.717, 1.165) is 17.5 Å². The third-order valence-electron chi connectivity index (χ3n) is 2.68. The Kier molecular flexibility index (Phi) is 3.06. The number of alkyl halides is 3. The van der Waals surface area contributed by atoms with Crippen LogP contribution in [-0.2, 0) is 12.6 Å². The maximum absolute atomic E-state index is 12.7. The van der Waals surface area contributed by atoms with Crippen LogP contribution in [0.3, 0.4) is 0 Å². The molecule has 1 aromatic heterocycles. The molecule has 0 bridgehead atoms. The average molecular weight is 256 g/mol. The summed E-state index contributed by atoms with van der Waals surface area (Å²) in [6.07, 6.45) is -3.83. The van der Waals surface area contributed by atoms with Crippen LogP contribution in [0.15, 0.2) is 18.2 Å². The van der Waals surface area contributed by atoms with Crippen molar-refractivity contribution >= 4 is 0 Å². The first-order valence-electron chi connectivity index (χ1n) is 5.39. The van der Waals surface area contributed by atoms with Crippen LogP contribution in [0.1, 0.15) is 23.9 Å². The van der Waals surface area contributed by atoms with Crippen LogP contribution in [0.5, 0.6) is 0 Å². The minimum atomic E-state index is -4.57. The van der Waals surface area contributed by atoms with Gasteiger partial charge < -0.3 is 0 Å². The molecule has 0 radical (unpaired) electrons. The Bertz CT molecular complexity index is 560. The third kappa shape index (κ3) is 2.20. The first kappa shape index (κ1) is 12.5. The van der Waals surface area contributed by atoms with E-state index in [2.05, 4.69) is 15.5 Å². The van der Waals surface area contributed by atoms with Gasteiger partial charge in [-0.3, -0.25) is 0 Å². The second kappa shape index (κ2) is 4.40. The van der Waals surface area contributed by atoms with Crippen molar-refractivity contribution in [2.75, 3.05) is 0 Å². The summed E-state index contributed by atoms with van der Waals surface area (Å²) in [6, 6.07) is 5.00. The Hall–Kier alpha value is -1.92. The fourth-order valence-electron chi connectivity index (χ4n) is 1.71. The van der Waals surface area contributed by atoms with Gasteiger partial charge in [0.2, 0.25) is 0 Å². The molecule has 0 amide bonds. The summed E-state index contributed by atoms with van der Waals surface area (Å²) >= 11 is 0. The Morgan fingerprint density at radius 2 is 2.00 bits per heavy atom. The fourth-order valence-corrected chi connectivity index (χ4v) is 1.71. The number of rotatable bonds is 2. The topological polar surface area (TPSA) is 43.6 Å². The van der Waals surface area contributed by atoms with Crippen LogP contribution in [0.25, 0.3) is 5.69 Å². The highest BCUT2D eigenvalue weighted by molar-refractivity contribution is 5.40. The lowest BCUT2D eigenvalue weighted by Crippen LogP contribution is -2.15. The SMILES string of the molecule is CCc1cc(-n2nnnc2C(F)(F)F)ccc1C. The van der Waals surface area contributed by atoms with Gasteiger partial charge in [0.05, 0.1) is 5.69 Å². The van der Waals surface area contributed by atoms with Gasteiger partial charge in [-0.2, -0.15) is 17.9 Å². The normalized spacial score (nSPS) is 11.8. The Morgan fingerprint density at radius 1 is 1.28 bits per heavy atom. The lowest BCUT2D eigenvalue weighted by Gasteiger charge is -2.09. The van der Waals surface area contributed by atoms with Crippen molar-refractivity contribution in [3.63, 3.8) is 0 Å². The number of hydrogen-bond donors (Lipinski definition) is 0. The maximum Gasteiger partial charge on any atom is 0.453 e. The van der Waals surface area contributed by atoms with Crippen molar-refractivity contribution in [1.29, 1.82) is 0 Å². The zero-order valence-electron chi connectivity index (χ0n) is 9.86. The van der Waals surface area contributed by atoms with Gasteiger partial charge >= 0.3 is 6.18 Å². The van der Waals surface area contributed by atoms with Crippen LogP contribution in [0.4, 0.5) is 13.2 Å². The Balaban J connectivity index is 2.53. The highest BCUT2D eigenvalue weighted by atomic mass is 19.4. The van der Waals surface area contributed by atoms with E-state index >= 15 is 0 Å². The molecule has 2 aromatic rings. The quantitative estimate of drug-likeness (QED) is 0.829. The minimum absolute atomic E-state index is 0.315. The van der Waals surface area contributed by atoms with Crippen LogP contribution in [-0.4, -0.2) is 20.2 Å². The van der Waals surface area contributed by atoms with Crippen molar-refractivity contribution in [2.45, 2.75) is 26.4 Å². The number of hydrogen-bond acceptors (Lipinski definition) is 3. The molecule has 1 aromatic carbocycles. The predicted molar refractivity (Wildman–Crippen MR) is 58.3 cm³/mol. The van der Waals surface area contributed by atoms with E-state index < -0.39 is 12.0 Å². The van der Waals surface area contributed by atoms with Crippen molar-refractivity contribution in [3.05, 3.63) is 35.2 Å². The van der Waals surface area contributed by atoms with Gasteiger partial charge in [0.1, 0.15) is 0 Å². The zero-order valence-corrected chi connectivity index (χ0v) is 9.86. The summed E-state index contributed by atoms with van der Waals surface area (Å²) < 4.78 is 38.7. The van der Waals surface area contributed by atoms with Crippen LogP contribution in [0, 0.1) is 6.92 Å². The smallest absolute Gasteiger partial charge is 0.189 e. The summed E-state index contributed by atoms with van der Waals surface area (Å²) in [5, 5.41) is 9.50. The first-order valence-corrected chi connectivity index (χ1v) is 5.39. The molecule has 0 unspecified atom stereocenters. The van der Waals surface area contributed by atoms with Gasteiger partial charge in [-0.25, -0.2) is 0 Å². The summed E-state index contributed by atoms with van der Waals surface area (Å²) in [4.78, 5) is 0. The van der Waals surface area contributed by atoms with E-state index in [1.54, 1.807) is 18.2 Å². The minimum Gasteiger partial charge on any atom is -0.189 e. The molecular formula is C11H11F3N4. The molecule has 0 saturated carbocycles. The van der Waals surface area contributed by atoms with E-state index in [4.69, 9.17) is 0 Å². The van der Waals surface area contributed by atoms with Crippen LogP contribution >= 0.6 is 0 Å². The molecule has 0 aliphatic carbocycles. The standard InChI is InChI=1S/C11H11F3N4/c1-3-8-6-9(5-4-7(8)2)18-10(11(12,13)14)15-16-17-18/h4-6H,3H2,1-2H3. The molecule has 0 fully saturated rings. The second-order valence-corrected chi connectivity index (χ2v) is 3.88. The molecule has 0 N–H and O–H groups in total. The van der Waals surface area contributed by atoms with Gasteiger partial charge in [0, 0.05) is 0 Å². The molecule has 0 atom stereocenters. The molecule has 18 heavy (non-hydrogen) atoms. The lowest BCUT2D eigenvalue weighted by molar-refractivity contribution is -0.146. The predicted octanol–water partition coefficient (Wildman–Crippen LogP) is 2.55. The largest absolute Gasteiger partial charge is 0.453 e. The third-order valence-corrected chi connectivity index (χ3v) is 2.68. The molecule has 96 valence electrons. The molecule has 2 rings (SSSR count). The molecule has 0 saturated heterocycles. The number of halogens is 3. The fraction of sp³-hybridized carbons (Fsp3) is 0.364. The summed E-state index contributed by atoms with van der Waals surface area (Å²) in [5.41, 5.74) is 2.31. The van der Waals surface area contributed by atoms with Gasteiger partial charge in [-0.15, -0.1) is 5.10 Å². The van der Waals surface area contributed by atoms with E-state index in [0.29, 0.717) is 10.4 Å². The molecule has 7 heteroatoms. The number of nitrogens with zero attached hydrogens (tertiary/aromatic N) is 4. The van der Waals surface area contributed by atoms with Crippen LogP contribution < -0.4 is 0 Å². The number of aromatic nitrogens is 4. The molecular weight excluding hydrogens is 245 g/mol. The lowest BCUT2D eigenvalue weighted by atomic mass is 10.1. The van der Waals surface area contributed by atoms with Crippen molar-refractivity contribution in [3.8, 4) is 5.69 Å². The van der Waals surface area contributed by atoms with Crippen LogP contribution in [0.2, 0.25) is 0 Å². The van der Waals surface area contributed by atoms with E-state index in [9.17, 15) is 13.2 Å². The number of aryl methyl sites for hydroxylation is 2. The Morgan fingerprint density at radius 3 is 2.61 bits per heavy atom. The van der Waals surface area contributed by atoms with Gasteiger partial charge in [0.25, 0.3) is 5.82 Å². The summed E-state index contributed by atoms with van der Waals surface area (Å²) in [7, 11) is 0. The maximum atomic E-state index is 12.7. The highest BCUT2D eigenvalue weighted by Gasteiger charge is 2.38. The van der Waals surface area contributed by atoms with E-state index in [-0.39, 0.29) is 0 Å². The van der Waals surface area contributed by atoms with Gasteiger partial charge in [-0.05, 0) is 47.0 Å². The highest BCUT2D eigenvalue weighted by Crippen LogP contribution is 2.28. The number of tetrazole rings is 1. The molecule has 0 aliphatic heterocycles. The van der Waals surface area contributed by atoms with Gasteiger partial charge in [-0.1, -0.05) is 13.0 Å². The average Bonchev–Trinajstić information content (AvgIpc) is 2.78. The Labute approximate surface area is 101 Å². The molecule has 0 aliphatic rings. The second-order valence-electron chi connectivity index (χ2n) is 3.88. The summed E-state index contributed by atoms with van der Waals surface area (Å²) in [5.74, 6) is -1.12. The zero-order chi connectivity index (χ0) is 13.3. The monoisotopic (exact) mass is 256 g/mol. The first-order chi connectivity index (χ1) is 8.43. The van der Waals surface area contributed by atoms with E-state index in [1.165, 1.54) is 0 Å². The van der Waals surface area contributed by atoms with Gasteiger partial charge in [0.15, 0.2) is 0 Å². The summed E-state index contributed by atoms with van der Waals surface area (Å²) in [6.45, 7) is 3.85.